The van der Waals surface area contributed by atoms with E-state index in [4.69, 9.17) is 9.72 Å². The van der Waals surface area contributed by atoms with Gasteiger partial charge in [0.1, 0.15) is 17.9 Å². The standard InChI is InChI=1S/C20H25N4O3.C16H23N4O3.W/c1-11(2)16(23-20(26)27-3)19(25)24-13-9-8-12(10-13)17(24)18-21-14-6-4-5-7-15(14)22-18;1-10(2)12(19-15(22)23-3)14(21)20-9-16(4-5-16)8-11(20)13-17-6-7-18-13;/h4,6-7,11-13,16-17H,8-10H2,1-3H3,(H,21,22)(H,23,26);6,10-12H,4-5,8-9H2,1-3H3,(H,17,18)(H,19,22);/q2*-1;+2/t12-,13+,16-,17-;11-,12-;/m00./s1. The molecular formula is C36H48N8O6W. The maximum Gasteiger partial charge on any atom is 2.00 e. The van der Waals surface area contributed by atoms with Gasteiger partial charge < -0.3 is 44.9 Å². The third-order valence-electron chi connectivity index (χ3n) is 10.8. The first kappa shape index (κ1) is 38.3. The van der Waals surface area contributed by atoms with Crippen LogP contribution in [0.2, 0.25) is 0 Å². The summed E-state index contributed by atoms with van der Waals surface area (Å²) in [5.41, 5.74) is 2.04. The van der Waals surface area contributed by atoms with Crippen molar-refractivity contribution in [3.05, 3.63) is 48.3 Å². The number of alkyl carbamates (subject to hydrolysis) is 2. The molecule has 15 heteroatoms. The first-order chi connectivity index (χ1) is 23.9. The van der Waals surface area contributed by atoms with E-state index in [1.54, 1.807) is 6.20 Å². The maximum absolute atomic E-state index is 13.4. The van der Waals surface area contributed by atoms with Gasteiger partial charge in [-0.05, 0) is 78.6 Å². The van der Waals surface area contributed by atoms with Gasteiger partial charge in [0.15, 0.2) is 0 Å². The first-order valence-corrected chi connectivity index (χ1v) is 17.5. The van der Waals surface area contributed by atoms with Crippen LogP contribution in [0.4, 0.5) is 9.59 Å². The fourth-order valence-corrected chi connectivity index (χ4v) is 7.93. The number of nitrogens with one attached hydrogen (secondary N) is 4. The molecule has 1 spiro atoms. The number of carbonyl (C=O) groups is 4. The summed E-state index contributed by atoms with van der Waals surface area (Å²) in [5.74, 6) is 1.79. The fraction of sp³-hybridized carbons (Fsp3) is 0.611. The largest absolute Gasteiger partial charge is 2.00 e. The Hall–Kier alpha value is -3.93. The topological polar surface area (TPSA) is 175 Å². The molecular weight excluding hydrogens is 824 g/mol. The summed E-state index contributed by atoms with van der Waals surface area (Å²) < 4.78 is 9.37. The Morgan fingerprint density at radius 3 is 2.22 bits per heavy atom. The Labute approximate surface area is 312 Å². The van der Waals surface area contributed by atoms with Crippen molar-refractivity contribution in [1.82, 2.24) is 40.4 Å². The zero-order chi connectivity index (χ0) is 35.7. The Morgan fingerprint density at radius 1 is 0.980 bits per heavy atom. The first-order valence-electron chi connectivity index (χ1n) is 17.5. The molecule has 2 aliphatic carbocycles. The number of piperidine rings is 1. The summed E-state index contributed by atoms with van der Waals surface area (Å²) >= 11 is 0. The Balaban J connectivity index is 0.000000196. The Kier molecular flexibility index (Phi) is 11.8. The minimum atomic E-state index is -0.614. The predicted molar refractivity (Wildman–Crippen MR) is 182 cm³/mol. The van der Waals surface area contributed by atoms with Gasteiger partial charge in [0.25, 0.3) is 0 Å². The van der Waals surface area contributed by atoms with Gasteiger partial charge in [0.05, 0.1) is 20.3 Å². The van der Waals surface area contributed by atoms with Gasteiger partial charge in [-0.2, -0.15) is 12.1 Å². The molecule has 1 aromatic carbocycles. The number of fused-ring (bicyclic) bond motifs is 3. The second-order valence-electron chi connectivity index (χ2n) is 14.8. The average Bonchev–Trinajstić information content (AvgIpc) is 3.72. The Bertz CT molecular complexity index is 1660. The van der Waals surface area contributed by atoms with Crippen LogP contribution in [0.3, 0.4) is 0 Å². The number of amides is 4. The molecule has 7 rings (SSSR count). The van der Waals surface area contributed by atoms with E-state index in [2.05, 4.69) is 42.6 Å². The summed E-state index contributed by atoms with van der Waals surface area (Å²) in [7, 11) is 2.61. The van der Waals surface area contributed by atoms with Crippen LogP contribution in [0, 0.1) is 35.4 Å². The van der Waals surface area contributed by atoms with Crippen LogP contribution < -0.4 is 10.6 Å². The van der Waals surface area contributed by atoms with Crippen molar-refractivity contribution < 1.29 is 49.7 Å². The van der Waals surface area contributed by atoms with Crippen LogP contribution in [-0.4, -0.2) is 92.6 Å². The number of aromatic nitrogens is 4. The zero-order valence-electron chi connectivity index (χ0n) is 30.0. The van der Waals surface area contributed by atoms with E-state index in [9.17, 15) is 19.2 Å². The minimum Gasteiger partial charge on any atom is -0.453 e. The van der Waals surface area contributed by atoms with Crippen LogP contribution in [0.5, 0.6) is 0 Å². The monoisotopic (exact) mass is 872 g/mol. The summed E-state index contributed by atoms with van der Waals surface area (Å²) in [6, 6.07) is 7.53. The molecule has 2 aliphatic heterocycles. The third-order valence-corrected chi connectivity index (χ3v) is 10.8. The number of hydrogen-bond acceptors (Lipinski definition) is 8. The van der Waals surface area contributed by atoms with Gasteiger partial charge >= 0.3 is 33.3 Å². The molecule has 2 aromatic heterocycles. The summed E-state index contributed by atoms with van der Waals surface area (Å²) in [6.07, 6.45) is 9.57. The molecule has 4 amide bonds. The number of methoxy groups -OCH3 is 2. The molecule has 6 atom stereocenters. The van der Waals surface area contributed by atoms with Crippen molar-refractivity contribution in [2.24, 2.45) is 23.2 Å². The van der Waals surface area contributed by atoms with Crippen molar-refractivity contribution in [2.75, 3.05) is 20.8 Å². The molecule has 51 heavy (non-hydrogen) atoms. The number of aromatic amines is 2. The van der Waals surface area contributed by atoms with Crippen molar-refractivity contribution in [3.8, 4) is 0 Å². The molecule has 2 saturated heterocycles. The van der Waals surface area contributed by atoms with Crippen LogP contribution in [-0.2, 0) is 40.1 Å². The second kappa shape index (κ2) is 15.8. The van der Waals surface area contributed by atoms with Crippen LogP contribution in [0.25, 0.3) is 11.0 Å². The van der Waals surface area contributed by atoms with Crippen molar-refractivity contribution in [3.63, 3.8) is 0 Å². The van der Waals surface area contributed by atoms with E-state index >= 15 is 0 Å². The third kappa shape index (κ3) is 7.95. The number of H-pyrrole nitrogens is 2. The van der Waals surface area contributed by atoms with Crippen molar-refractivity contribution >= 4 is 35.0 Å². The van der Waals surface area contributed by atoms with E-state index in [-0.39, 0.29) is 68.3 Å². The molecule has 0 unspecified atom stereocenters. The van der Waals surface area contributed by atoms with Crippen molar-refractivity contribution in [1.29, 1.82) is 0 Å². The van der Waals surface area contributed by atoms with E-state index in [0.29, 0.717) is 5.92 Å². The normalized spacial score (nSPS) is 23.8. The zero-order valence-corrected chi connectivity index (χ0v) is 33.0. The van der Waals surface area contributed by atoms with Crippen LogP contribution in [0.1, 0.15) is 90.0 Å². The molecule has 3 aromatic rings. The number of carbonyl (C=O) groups excluding carboxylic acids is 4. The van der Waals surface area contributed by atoms with E-state index in [1.165, 1.54) is 14.2 Å². The summed E-state index contributed by atoms with van der Waals surface area (Å²) in [4.78, 5) is 69.1. The number of benzene rings is 1. The van der Waals surface area contributed by atoms with E-state index in [0.717, 1.165) is 67.8 Å². The number of hydrogen-bond donors (Lipinski definition) is 4. The Morgan fingerprint density at radius 2 is 1.65 bits per heavy atom. The molecule has 4 heterocycles. The number of nitrogens with zero attached hydrogens (tertiary/aromatic N) is 4. The molecule has 0 radical (unpaired) electrons. The van der Waals surface area contributed by atoms with Gasteiger partial charge in [-0.3, -0.25) is 14.6 Å². The van der Waals surface area contributed by atoms with Crippen LogP contribution in [0.15, 0.2) is 24.4 Å². The minimum absolute atomic E-state index is 0. The summed E-state index contributed by atoms with van der Waals surface area (Å²) in [6.45, 7) is 8.41. The maximum atomic E-state index is 13.4. The SMILES string of the molecule is COC(=O)N[C@H](C(=O)N1CC2(CC2)C[C@H]1c1n[c-]c[nH]1)C(C)C.COC(=O)N[C@H](C(=O)N1[C@@H]2CC[C@@H](C2)[C@H]1c1nc2c[c-]ccc2[nH]1)C(C)C.[W+2]. The average molecular weight is 873 g/mol. The number of ether oxygens (including phenoxy) is 2. The van der Waals surface area contributed by atoms with Gasteiger partial charge in [-0.25, -0.2) is 9.59 Å². The molecule has 4 N–H and O–H groups in total. The van der Waals surface area contributed by atoms with Gasteiger partial charge in [0.2, 0.25) is 11.8 Å². The molecule has 2 bridgehead atoms. The number of rotatable bonds is 8. The molecule has 14 nitrogen and oxygen atoms in total. The predicted octanol–water partition coefficient (Wildman–Crippen LogP) is 4.44. The summed E-state index contributed by atoms with van der Waals surface area (Å²) in [5, 5.41) is 5.38. The second-order valence-corrected chi connectivity index (χ2v) is 14.8. The van der Waals surface area contributed by atoms with Gasteiger partial charge in [-0.1, -0.05) is 33.9 Å². The molecule has 4 aliphatic rings. The van der Waals surface area contributed by atoms with Gasteiger partial charge in [-0.15, -0.1) is 18.3 Å². The molecule has 274 valence electrons. The van der Waals surface area contributed by atoms with Crippen molar-refractivity contribution in [2.45, 2.75) is 96.4 Å². The van der Waals surface area contributed by atoms with E-state index < -0.39 is 24.3 Å². The van der Waals surface area contributed by atoms with Crippen LogP contribution >= 0.6 is 0 Å². The van der Waals surface area contributed by atoms with Gasteiger partial charge in [0, 0.05) is 18.6 Å². The molecule has 4 fully saturated rings. The quantitative estimate of drug-likeness (QED) is 0.241. The fourth-order valence-electron chi connectivity index (χ4n) is 7.93. The number of imidazole rings is 2. The number of likely N-dealkylation sites (tertiary alicyclic amines) is 2. The smallest absolute Gasteiger partial charge is 0.453 e. The molecule has 2 saturated carbocycles. The van der Waals surface area contributed by atoms with E-state index in [1.807, 2.05) is 55.7 Å².